The van der Waals surface area contributed by atoms with Crippen molar-refractivity contribution in [2.45, 2.75) is 359 Å². The molecule has 0 aliphatic carbocycles. The molecular formula is C72H129NO10. The lowest BCUT2D eigenvalue weighted by Gasteiger charge is -2.41. The fourth-order valence-corrected chi connectivity index (χ4v) is 10.6. The number of carbonyl (C=O) groups is 2. The van der Waals surface area contributed by atoms with E-state index < -0.39 is 67.4 Å². The van der Waals surface area contributed by atoms with Crippen LogP contribution < -0.4 is 5.32 Å². The van der Waals surface area contributed by atoms with E-state index in [1.165, 1.54) is 173 Å². The van der Waals surface area contributed by atoms with Crippen LogP contribution in [-0.4, -0.2) is 99.6 Å². The Kier molecular flexibility index (Phi) is 55.9. The minimum absolute atomic E-state index is 0.120. The van der Waals surface area contributed by atoms with Crippen molar-refractivity contribution in [2.75, 3.05) is 13.2 Å². The van der Waals surface area contributed by atoms with Crippen molar-refractivity contribution in [3.63, 3.8) is 0 Å². The average Bonchev–Trinajstić information content (AvgIpc) is 3.61. The number of aliphatic hydroxyl groups is 5. The Morgan fingerprint density at radius 1 is 0.482 bits per heavy atom. The average molecular weight is 1170 g/mol. The van der Waals surface area contributed by atoms with E-state index in [1.54, 1.807) is 6.08 Å². The highest BCUT2D eigenvalue weighted by molar-refractivity contribution is 5.80. The van der Waals surface area contributed by atoms with E-state index in [-0.39, 0.29) is 19.4 Å². The van der Waals surface area contributed by atoms with Crippen LogP contribution in [0.1, 0.15) is 310 Å². The highest BCUT2D eigenvalue weighted by Gasteiger charge is 2.47. The van der Waals surface area contributed by atoms with Gasteiger partial charge in [0.2, 0.25) is 5.91 Å². The van der Waals surface area contributed by atoms with Gasteiger partial charge in [-0.1, -0.05) is 286 Å². The number of nitrogens with one attached hydrogen (secondary N) is 1. The third-order valence-corrected chi connectivity index (χ3v) is 16.1. The number of allylic oxidation sites excluding steroid dienone is 11. The summed E-state index contributed by atoms with van der Waals surface area (Å²) in [5.41, 5.74) is 0. The van der Waals surface area contributed by atoms with Gasteiger partial charge < -0.3 is 45.1 Å². The normalized spacial score (nSPS) is 19.0. The molecule has 8 unspecified atom stereocenters. The third-order valence-electron chi connectivity index (χ3n) is 16.1. The van der Waals surface area contributed by atoms with E-state index in [1.807, 2.05) is 6.08 Å². The zero-order valence-electron chi connectivity index (χ0n) is 53.6. The van der Waals surface area contributed by atoms with Gasteiger partial charge in [-0.15, -0.1) is 0 Å². The van der Waals surface area contributed by atoms with Gasteiger partial charge in [0.25, 0.3) is 0 Å². The number of unbranched alkanes of at least 4 members (excludes halogenated alkanes) is 36. The van der Waals surface area contributed by atoms with Crippen LogP contribution in [0.3, 0.4) is 0 Å². The molecule has 1 saturated heterocycles. The second kappa shape index (κ2) is 59.4. The third kappa shape index (κ3) is 46.9. The Labute approximate surface area is 509 Å². The maximum atomic E-state index is 13.4. The molecular weight excluding hydrogens is 1040 g/mol. The Hall–Kier alpha value is -2.90. The van der Waals surface area contributed by atoms with Crippen LogP contribution in [0.15, 0.2) is 72.9 Å². The number of carbonyl (C=O) groups excluding carboxylic acids is 2. The molecule has 1 fully saturated rings. The molecule has 0 aromatic heterocycles. The summed E-state index contributed by atoms with van der Waals surface area (Å²) in [5.74, 6) is -1.20. The summed E-state index contributed by atoms with van der Waals surface area (Å²) in [6.07, 6.45) is 66.5. The lowest BCUT2D eigenvalue weighted by molar-refractivity contribution is -0.305. The Morgan fingerprint density at radius 3 is 1.34 bits per heavy atom. The number of esters is 1. The van der Waals surface area contributed by atoms with Gasteiger partial charge >= 0.3 is 5.97 Å². The second-order valence-electron chi connectivity index (χ2n) is 23.9. The summed E-state index contributed by atoms with van der Waals surface area (Å²) in [6, 6.07) is -1.03. The molecule has 0 aromatic rings. The van der Waals surface area contributed by atoms with Gasteiger partial charge in [0.05, 0.1) is 25.4 Å². The molecule has 1 aliphatic rings. The van der Waals surface area contributed by atoms with Crippen molar-refractivity contribution in [3.8, 4) is 0 Å². The van der Waals surface area contributed by atoms with E-state index in [0.29, 0.717) is 12.8 Å². The van der Waals surface area contributed by atoms with Crippen molar-refractivity contribution in [1.29, 1.82) is 0 Å². The van der Waals surface area contributed by atoms with Crippen LogP contribution in [0.25, 0.3) is 0 Å². The van der Waals surface area contributed by atoms with Crippen LogP contribution in [0, 0.1) is 0 Å². The van der Waals surface area contributed by atoms with E-state index in [9.17, 15) is 35.1 Å². The van der Waals surface area contributed by atoms with Gasteiger partial charge in [0, 0.05) is 6.42 Å². The summed E-state index contributed by atoms with van der Waals surface area (Å²) < 4.78 is 17.7. The van der Waals surface area contributed by atoms with Crippen molar-refractivity contribution in [2.24, 2.45) is 0 Å². The van der Waals surface area contributed by atoms with Crippen LogP contribution in [0.2, 0.25) is 0 Å². The highest BCUT2D eigenvalue weighted by atomic mass is 16.7. The molecule has 11 heteroatoms. The van der Waals surface area contributed by atoms with Gasteiger partial charge in [-0.2, -0.15) is 0 Å². The maximum Gasteiger partial charge on any atom is 0.306 e. The molecule has 1 aliphatic heterocycles. The van der Waals surface area contributed by atoms with Gasteiger partial charge in [0.15, 0.2) is 12.4 Å². The molecule has 0 bridgehead atoms. The molecule has 0 spiro atoms. The molecule has 83 heavy (non-hydrogen) atoms. The topological polar surface area (TPSA) is 175 Å². The van der Waals surface area contributed by atoms with Crippen molar-refractivity contribution in [3.05, 3.63) is 72.9 Å². The molecule has 8 atom stereocenters. The van der Waals surface area contributed by atoms with Gasteiger partial charge in [-0.25, -0.2) is 0 Å². The van der Waals surface area contributed by atoms with Crippen LogP contribution in [0.4, 0.5) is 0 Å². The first-order chi connectivity index (χ1) is 40.7. The van der Waals surface area contributed by atoms with Gasteiger partial charge in [-0.3, -0.25) is 9.59 Å². The SMILES string of the molecule is CCCCC/C=C\C/C=C\C/C=C\CCCCCCCCCCCCCCCCC(=O)OC1C(OCC(NC(=O)C(O)CCCCCCC/C=C/C=C/CCCCC)C(O)/C=C/CCCCCCCCCCCCC)OC(CO)C(O)C1O. The van der Waals surface area contributed by atoms with Crippen LogP contribution in [0.5, 0.6) is 0 Å². The summed E-state index contributed by atoms with van der Waals surface area (Å²) in [4.78, 5) is 26.6. The summed E-state index contributed by atoms with van der Waals surface area (Å²) >= 11 is 0. The molecule has 1 heterocycles. The number of ether oxygens (including phenoxy) is 3. The molecule has 1 rings (SSSR count). The largest absolute Gasteiger partial charge is 0.454 e. The lowest BCUT2D eigenvalue weighted by Crippen LogP contribution is -2.61. The Bertz CT molecular complexity index is 1630. The van der Waals surface area contributed by atoms with Crippen molar-refractivity contribution >= 4 is 11.9 Å². The highest BCUT2D eigenvalue weighted by Crippen LogP contribution is 2.26. The minimum Gasteiger partial charge on any atom is -0.454 e. The smallest absolute Gasteiger partial charge is 0.306 e. The predicted molar refractivity (Wildman–Crippen MR) is 347 cm³/mol. The van der Waals surface area contributed by atoms with Gasteiger partial charge in [-0.05, 0) is 89.9 Å². The molecule has 1 amide bonds. The number of rotatable bonds is 59. The fourth-order valence-electron chi connectivity index (χ4n) is 10.6. The van der Waals surface area contributed by atoms with Crippen LogP contribution in [-0.2, 0) is 23.8 Å². The molecule has 11 nitrogen and oxygen atoms in total. The minimum atomic E-state index is -1.62. The molecule has 482 valence electrons. The van der Waals surface area contributed by atoms with E-state index in [0.717, 1.165) is 89.9 Å². The summed E-state index contributed by atoms with van der Waals surface area (Å²) in [7, 11) is 0. The van der Waals surface area contributed by atoms with E-state index >= 15 is 0 Å². The standard InChI is InChI=1S/C72H129NO10/c1-4-7-10-13-16-19-22-25-27-28-29-30-31-32-33-34-35-36-37-38-39-42-45-48-51-54-57-60-67(77)83-70-69(79)68(78)66(61-74)82-72(70)81-62-63(64(75)58-55-52-49-46-43-40-24-21-18-15-12-9-6-3)73-71(80)65(76)59-56-53-50-47-44-41-26-23-20-17-14-11-8-5-2/h16-17,19-20,23,25-27,29-30,55,58,63-66,68-70,72,74-76,78-79H,4-15,18,21-22,24,28,31-54,56-57,59-62H2,1-3H3,(H,73,80)/b19-16-,20-17+,26-23+,27-25-,30-29-,58-55+. The predicted octanol–water partition coefficient (Wildman–Crippen LogP) is 17.5. The second-order valence-corrected chi connectivity index (χ2v) is 23.9. The van der Waals surface area contributed by atoms with E-state index in [2.05, 4.69) is 86.8 Å². The first-order valence-electron chi connectivity index (χ1n) is 34.7. The zero-order valence-corrected chi connectivity index (χ0v) is 53.6. The summed E-state index contributed by atoms with van der Waals surface area (Å²) in [5, 5.41) is 57.1. The molecule has 0 aromatic carbocycles. The first-order valence-corrected chi connectivity index (χ1v) is 34.7. The van der Waals surface area contributed by atoms with E-state index in [4.69, 9.17) is 14.2 Å². The quantitative estimate of drug-likeness (QED) is 0.0149. The monoisotopic (exact) mass is 1170 g/mol. The molecule has 0 saturated carbocycles. The zero-order chi connectivity index (χ0) is 60.3. The Morgan fingerprint density at radius 2 is 0.867 bits per heavy atom. The fraction of sp³-hybridized carbons (Fsp3) is 0.806. The molecule has 0 radical (unpaired) electrons. The van der Waals surface area contributed by atoms with Crippen molar-refractivity contribution < 1.29 is 49.3 Å². The van der Waals surface area contributed by atoms with Gasteiger partial charge in [0.1, 0.15) is 24.4 Å². The van der Waals surface area contributed by atoms with Crippen LogP contribution >= 0.6 is 0 Å². The Balaban J connectivity index is 2.56. The van der Waals surface area contributed by atoms with Crippen molar-refractivity contribution in [1.82, 2.24) is 5.32 Å². The number of amides is 1. The first kappa shape index (κ1) is 78.1. The lowest BCUT2D eigenvalue weighted by atomic mass is 9.99. The summed E-state index contributed by atoms with van der Waals surface area (Å²) in [6.45, 7) is 5.75. The number of hydrogen-bond acceptors (Lipinski definition) is 10. The number of aliphatic hydroxyl groups excluding tert-OH is 5. The number of hydrogen-bond donors (Lipinski definition) is 6. The molecule has 6 N–H and O–H groups in total. The maximum absolute atomic E-state index is 13.4.